The van der Waals surface area contributed by atoms with Gasteiger partial charge >= 0.3 is 0 Å². The summed E-state index contributed by atoms with van der Waals surface area (Å²) in [5, 5.41) is 2.95. The Morgan fingerprint density at radius 3 is 2.19 bits per heavy atom. The lowest BCUT2D eigenvalue weighted by atomic mass is 9.97. The van der Waals surface area contributed by atoms with Crippen LogP contribution in [-0.4, -0.2) is 49.6 Å². The van der Waals surface area contributed by atoms with Crippen LogP contribution < -0.4 is 14.8 Å². The monoisotopic (exact) mass is 424 g/mol. The quantitative estimate of drug-likeness (QED) is 0.668. The van der Waals surface area contributed by atoms with Gasteiger partial charge in [-0.1, -0.05) is 44.2 Å². The molecule has 1 aliphatic rings. The van der Waals surface area contributed by atoms with E-state index >= 15 is 0 Å². The lowest BCUT2D eigenvalue weighted by Crippen LogP contribution is -2.43. The second-order valence-electron chi connectivity index (χ2n) is 8.24. The van der Waals surface area contributed by atoms with Crippen LogP contribution in [0.1, 0.15) is 38.2 Å². The smallest absolute Gasteiger partial charge is 0.260 e. The minimum atomic E-state index is -0.122. The zero-order valence-electron chi connectivity index (χ0n) is 18.4. The minimum absolute atomic E-state index is 0.00299. The van der Waals surface area contributed by atoms with Crippen LogP contribution in [0.3, 0.4) is 0 Å². The van der Waals surface area contributed by atoms with Crippen molar-refractivity contribution in [2.75, 3.05) is 32.8 Å². The molecule has 0 atom stereocenters. The number of carbonyl (C=O) groups is 2. The van der Waals surface area contributed by atoms with Gasteiger partial charge in [-0.2, -0.15) is 0 Å². The van der Waals surface area contributed by atoms with Crippen molar-refractivity contribution < 1.29 is 19.1 Å². The highest BCUT2D eigenvalue weighted by Crippen LogP contribution is 2.19. The average molecular weight is 425 g/mol. The zero-order chi connectivity index (χ0) is 22.1. The van der Waals surface area contributed by atoms with Crippen LogP contribution in [0.2, 0.25) is 0 Å². The Morgan fingerprint density at radius 2 is 1.55 bits per heavy atom. The van der Waals surface area contributed by atoms with E-state index in [-0.39, 0.29) is 25.0 Å². The van der Waals surface area contributed by atoms with Gasteiger partial charge in [0.25, 0.3) is 11.8 Å². The van der Waals surface area contributed by atoms with Gasteiger partial charge in [0.05, 0.1) is 0 Å². The molecule has 0 saturated carbocycles. The van der Waals surface area contributed by atoms with Gasteiger partial charge in [0.2, 0.25) is 0 Å². The fourth-order valence-electron chi connectivity index (χ4n) is 3.55. The minimum Gasteiger partial charge on any atom is -0.484 e. The molecule has 6 heteroatoms. The molecule has 0 aromatic heterocycles. The van der Waals surface area contributed by atoms with E-state index in [1.807, 2.05) is 59.5 Å². The molecule has 6 nitrogen and oxygen atoms in total. The van der Waals surface area contributed by atoms with Crippen LogP contribution in [0.5, 0.6) is 11.5 Å². The van der Waals surface area contributed by atoms with Crippen molar-refractivity contribution >= 4 is 11.8 Å². The maximum atomic E-state index is 12.3. The number of rotatable bonds is 9. The summed E-state index contributed by atoms with van der Waals surface area (Å²) in [7, 11) is 0. The Hall–Kier alpha value is -3.02. The van der Waals surface area contributed by atoms with Crippen molar-refractivity contribution in [3.63, 3.8) is 0 Å². The fraction of sp³-hybridized carbons (Fsp3) is 0.440. The summed E-state index contributed by atoms with van der Waals surface area (Å²) >= 11 is 0. The number of carbonyl (C=O) groups excluding carboxylic acids is 2. The van der Waals surface area contributed by atoms with Crippen LogP contribution in [0.4, 0.5) is 0 Å². The highest BCUT2D eigenvalue weighted by Gasteiger charge is 2.23. The molecular formula is C25H32N2O4. The highest BCUT2D eigenvalue weighted by atomic mass is 16.5. The summed E-state index contributed by atoms with van der Waals surface area (Å²) in [6.07, 6.45) is 1.74. The molecule has 3 rings (SSSR count). The second-order valence-corrected chi connectivity index (χ2v) is 8.24. The normalized spacial score (nSPS) is 14.4. The number of nitrogens with one attached hydrogen (secondary N) is 1. The third-order valence-corrected chi connectivity index (χ3v) is 5.58. The van der Waals surface area contributed by atoms with E-state index < -0.39 is 0 Å². The van der Waals surface area contributed by atoms with Crippen LogP contribution in [0, 0.1) is 5.92 Å². The van der Waals surface area contributed by atoms with E-state index in [0.717, 1.165) is 12.8 Å². The summed E-state index contributed by atoms with van der Waals surface area (Å²) in [5.41, 5.74) is 1.24. The van der Waals surface area contributed by atoms with Crippen LogP contribution in [0.15, 0.2) is 54.6 Å². The summed E-state index contributed by atoms with van der Waals surface area (Å²) in [6.45, 7) is 6.34. The van der Waals surface area contributed by atoms with Crippen LogP contribution in [0.25, 0.3) is 0 Å². The number of ether oxygens (including phenoxy) is 2. The molecule has 1 fully saturated rings. The van der Waals surface area contributed by atoms with Crippen molar-refractivity contribution in [2.45, 2.75) is 32.6 Å². The van der Waals surface area contributed by atoms with Crippen molar-refractivity contribution in [3.8, 4) is 11.5 Å². The van der Waals surface area contributed by atoms with Gasteiger partial charge in [-0.05, 0) is 54.5 Å². The van der Waals surface area contributed by atoms with Crippen LogP contribution >= 0.6 is 0 Å². The first-order valence-corrected chi connectivity index (χ1v) is 11.0. The maximum Gasteiger partial charge on any atom is 0.260 e. The average Bonchev–Trinajstić information content (AvgIpc) is 2.81. The standard InChI is InChI=1S/C25H32N2O4/c1-19(2)21-8-10-23(11-9-21)30-17-24(28)26-16-20-12-14-27(15-13-20)25(29)18-31-22-6-4-3-5-7-22/h3-11,19-20H,12-18H2,1-2H3,(H,26,28). The predicted molar refractivity (Wildman–Crippen MR) is 120 cm³/mol. The number of piperidine rings is 1. The van der Waals surface area contributed by atoms with E-state index in [9.17, 15) is 9.59 Å². The summed E-state index contributed by atoms with van der Waals surface area (Å²) < 4.78 is 11.1. The van der Waals surface area contributed by atoms with Crippen molar-refractivity contribution in [2.24, 2.45) is 5.92 Å². The summed E-state index contributed by atoms with van der Waals surface area (Å²) in [5.74, 6) is 2.12. The first kappa shape index (κ1) is 22.7. The Balaban J connectivity index is 1.30. The number of likely N-dealkylation sites (tertiary alicyclic amines) is 1. The molecular weight excluding hydrogens is 392 g/mol. The SMILES string of the molecule is CC(C)c1ccc(OCC(=O)NCC2CCN(C(=O)COc3ccccc3)CC2)cc1. The lowest BCUT2D eigenvalue weighted by molar-refractivity contribution is -0.135. The number of para-hydroxylation sites is 1. The van der Waals surface area contributed by atoms with Crippen molar-refractivity contribution in [1.29, 1.82) is 0 Å². The number of hydrogen-bond donors (Lipinski definition) is 1. The van der Waals surface area contributed by atoms with Gasteiger partial charge in [-0.3, -0.25) is 9.59 Å². The van der Waals surface area contributed by atoms with E-state index in [1.165, 1.54) is 5.56 Å². The van der Waals surface area contributed by atoms with Gasteiger partial charge < -0.3 is 19.7 Å². The Kier molecular flexibility index (Phi) is 8.33. The Bertz CT molecular complexity index is 828. The van der Waals surface area contributed by atoms with E-state index in [1.54, 1.807) is 0 Å². The fourth-order valence-corrected chi connectivity index (χ4v) is 3.55. The highest BCUT2D eigenvalue weighted by molar-refractivity contribution is 5.78. The Morgan fingerprint density at radius 1 is 0.935 bits per heavy atom. The number of nitrogens with zero attached hydrogens (tertiary/aromatic N) is 1. The molecule has 1 N–H and O–H groups in total. The number of benzene rings is 2. The van der Waals surface area contributed by atoms with E-state index in [0.29, 0.717) is 43.0 Å². The molecule has 166 valence electrons. The molecule has 0 radical (unpaired) electrons. The largest absolute Gasteiger partial charge is 0.484 e. The molecule has 2 aromatic carbocycles. The van der Waals surface area contributed by atoms with Gasteiger partial charge in [-0.25, -0.2) is 0 Å². The lowest BCUT2D eigenvalue weighted by Gasteiger charge is -2.32. The molecule has 2 amide bonds. The van der Waals surface area contributed by atoms with Crippen LogP contribution in [-0.2, 0) is 9.59 Å². The molecule has 2 aromatic rings. The van der Waals surface area contributed by atoms with Gasteiger partial charge in [0.15, 0.2) is 13.2 Å². The third-order valence-electron chi connectivity index (χ3n) is 5.58. The molecule has 0 spiro atoms. The number of hydrogen-bond acceptors (Lipinski definition) is 4. The summed E-state index contributed by atoms with van der Waals surface area (Å²) in [6, 6.07) is 17.2. The third kappa shape index (κ3) is 7.31. The molecule has 0 unspecified atom stereocenters. The molecule has 1 heterocycles. The predicted octanol–water partition coefficient (Wildman–Crippen LogP) is 3.62. The van der Waals surface area contributed by atoms with Gasteiger partial charge in [0, 0.05) is 19.6 Å². The molecule has 1 saturated heterocycles. The van der Waals surface area contributed by atoms with Gasteiger partial charge in [0.1, 0.15) is 11.5 Å². The van der Waals surface area contributed by atoms with Crippen molar-refractivity contribution in [1.82, 2.24) is 10.2 Å². The van der Waals surface area contributed by atoms with E-state index in [2.05, 4.69) is 19.2 Å². The first-order valence-electron chi connectivity index (χ1n) is 11.0. The maximum absolute atomic E-state index is 12.3. The molecule has 0 aliphatic carbocycles. The molecule has 31 heavy (non-hydrogen) atoms. The molecule has 0 bridgehead atoms. The first-order chi connectivity index (χ1) is 15.0. The number of amides is 2. The topological polar surface area (TPSA) is 67.9 Å². The van der Waals surface area contributed by atoms with Gasteiger partial charge in [-0.15, -0.1) is 0 Å². The molecule has 1 aliphatic heterocycles. The zero-order valence-corrected chi connectivity index (χ0v) is 18.4. The second kappa shape index (κ2) is 11.4. The van der Waals surface area contributed by atoms with E-state index in [4.69, 9.17) is 9.47 Å². The summed E-state index contributed by atoms with van der Waals surface area (Å²) in [4.78, 5) is 26.3. The Labute approximate surface area is 184 Å². The van der Waals surface area contributed by atoms with Crippen molar-refractivity contribution in [3.05, 3.63) is 60.2 Å².